The van der Waals surface area contributed by atoms with Gasteiger partial charge in [-0.1, -0.05) is 24.3 Å². The summed E-state index contributed by atoms with van der Waals surface area (Å²) in [7, 11) is 1.79. The second-order valence-electron chi connectivity index (χ2n) is 5.64. The van der Waals surface area contributed by atoms with Gasteiger partial charge in [-0.15, -0.1) is 0 Å². The zero-order valence-electron chi connectivity index (χ0n) is 14.8. The number of fused-ring (bicyclic) bond motifs is 1. The molecular formula is C20H17F2N3O2. The molecule has 3 aromatic rings. The lowest BCUT2D eigenvalue weighted by Gasteiger charge is -2.14. The van der Waals surface area contributed by atoms with E-state index in [2.05, 4.69) is 15.8 Å². The van der Waals surface area contributed by atoms with E-state index in [1.54, 1.807) is 36.7 Å². The number of para-hydroxylation sites is 3. The molecule has 7 heteroatoms. The molecule has 0 saturated heterocycles. The largest absolute Gasteiger partial charge is 0.490 e. The summed E-state index contributed by atoms with van der Waals surface area (Å²) >= 11 is 0. The van der Waals surface area contributed by atoms with E-state index < -0.39 is 6.61 Å². The number of hydrogen-bond acceptors (Lipinski definition) is 4. The number of aryl methyl sites for hydroxylation is 1. The molecule has 0 fully saturated rings. The maximum Gasteiger partial charge on any atom is 0.387 e. The van der Waals surface area contributed by atoms with Gasteiger partial charge in [0.2, 0.25) is 0 Å². The molecule has 27 heavy (non-hydrogen) atoms. The number of rotatable bonds is 6. The number of allylic oxidation sites excluding steroid dienone is 1. The lowest BCUT2D eigenvalue weighted by atomic mass is 10.1. The third kappa shape index (κ3) is 3.75. The summed E-state index contributed by atoms with van der Waals surface area (Å²) in [6, 6.07) is 14.3. The second kappa shape index (κ2) is 7.87. The van der Waals surface area contributed by atoms with Gasteiger partial charge in [-0.05, 0) is 31.2 Å². The molecule has 0 saturated carbocycles. The van der Waals surface area contributed by atoms with Gasteiger partial charge in [0.15, 0.2) is 17.3 Å². The van der Waals surface area contributed by atoms with Crippen LogP contribution < -0.4 is 9.47 Å². The highest BCUT2D eigenvalue weighted by Crippen LogP contribution is 2.35. The monoisotopic (exact) mass is 369 g/mol. The lowest BCUT2D eigenvalue weighted by Crippen LogP contribution is -2.06. The van der Waals surface area contributed by atoms with Crippen LogP contribution in [0.2, 0.25) is 0 Å². The molecular weight excluding hydrogens is 352 g/mol. The van der Waals surface area contributed by atoms with Crippen molar-refractivity contribution in [2.24, 2.45) is 7.05 Å². The van der Waals surface area contributed by atoms with E-state index >= 15 is 0 Å². The Kier molecular flexibility index (Phi) is 5.36. The molecule has 138 valence electrons. The third-order valence-corrected chi connectivity index (χ3v) is 3.96. The first-order valence-electron chi connectivity index (χ1n) is 8.29. The number of nitriles is 1. The van der Waals surface area contributed by atoms with Crippen molar-refractivity contribution in [3.63, 3.8) is 0 Å². The fourth-order valence-electron chi connectivity index (χ4n) is 2.82. The molecule has 0 radical (unpaired) electrons. The van der Waals surface area contributed by atoms with Crippen LogP contribution in [0.4, 0.5) is 8.78 Å². The van der Waals surface area contributed by atoms with E-state index in [1.807, 2.05) is 24.3 Å². The number of imidazole rings is 1. The second-order valence-corrected chi connectivity index (χ2v) is 5.64. The molecule has 0 amide bonds. The molecule has 2 aromatic carbocycles. The van der Waals surface area contributed by atoms with Gasteiger partial charge in [0.1, 0.15) is 6.07 Å². The van der Waals surface area contributed by atoms with Crippen LogP contribution in [0.1, 0.15) is 18.3 Å². The first kappa shape index (κ1) is 18.4. The van der Waals surface area contributed by atoms with E-state index in [0.717, 1.165) is 11.0 Å². The van der Waals surface area contributed by atoms with E-state index in [-0.39, 0.29) is 17.1 Å². The quantitative estimate of drug-likeness (QED) is 0.594. The average molecular weight is 369 g/mol. The number of halogens is 2. The molecule has 0 spiro atoms. The van der Waals surface area contributed by atoms with Crippen LogP contribution in [0.5, 0.6) is 11.5 Å². The number of aromatic nitrogens is 2. The highest BCUT2D eigenvalue weighted by atomic mass is 19.3. The summed E-state index contributed by atoms with van der Waals surface area (Å²) < 4.78 is 37.6. The van der Waals surface area contributed by atoms with Crippen molar-refractivity contribution in [2.45, 2.75) is 13.5 Å². The summed E-state index contributed by atoms with van der Waals surface area (Å²) in [4.78, 5) is 4.48. The summed E-state index contributed by atoms with van der Waals surface area (Å²) in [5.74, 6) is 0.512. The Morgan fingerprint density at radius 1 is 1.26 bits per heavy atom. The van der Waals surface area contributed by atoms with Crippen LogP contribution in [0.3, 0.4) is 0 Å². The maximum atomic E-state index is 12.9. The first-order valence-corrected chi connectivity index (χ1v) is 8.29. The molecule has 3 rings (SSSR count). The number of benzene rings is 2. The smallest absolute Gasteiger partial charge is 0.387 e. The van der Waals surface area contributed by atoms with E-state index in [1.165, 1.54) is 6.08 Å². The maximum absolute atomic E-state index is 12.9. The number of hydrogen-bond donors (Lipinski definition) is 0. The molecule has 1 heterocycles. The molecule has 0 bridgehead atoms. The van der Waals surface area contributed by atoms with E-state index in [9.17, 15) is 14.0 Å². The summed E-state index contributed by atoms with van der Waals surface area (Å²) in [5, 5.41) is 9.64. The lowest BCUT2D eigenvalue weighted by molar-refractivity contribution is -0.0515. The predicted molar refractivity (Wildman–Crippen MR) is 98.4 cm³/mol. The van der Waals surface area contributed by atoms with Crippen LogP contribution in [-0.4, -0.2) is 22.8 Å². The third-order valence-electron chi connectivity index (χ3n) is 3.96. The summed E-state index contributed by atoms with van der Waals surface area (Å²) in [5.41, 5.74) is 2.13. The Balaban J connectivity index is 2.14. The van der Waals surface area contributed by atoms with E-state index in [4.69, 9.17) is 4.74 Å². The molecule has 1 aromatic heterocycles. The highest BCUT2D eigenvalue weighted by Gasteiger charge is 2.17. The van der Waals surface area contributed by atoms with Crippen LogP contribution >= 0.6 is 0 Å². The van der Waals surface area contributed by atoms with Crippen molar-refractivity contribution in [1.82, 2.24) is 9.55 Å². The van der Waals surface area contributed by atoms with E-state index in [0.29, 0.717) is 18.0 Å². The number of ether oxygens (including phenoxy) is 2. The van der Waals surface area contributed by atoms with Crippen molar-refractivity contribution in [3.8, 4) is 17.6 Å². The molecule has 0 unspecified atom stereocenters. The number of nitrogens with zero attached hydrogens (tertiary/aromatic N) is 3. The molecule has 0 aliphatic rings. The highest BCUT2D eigenvalue weighted by molar-refractivity contribution is 5.92. The predicted octanol–water partition coefficient (Wildman–Crippen LogP) is 4.64. The zero-order valence-corrected chi connectivity index (χ0v) is 14.8. The van der Waals surface area contributed by atoms with Crippen molar-refractivity contribution < 1.29 is 18.3 Å². The molecule has 0 aliphatic carbocycles. The van der Waals surface area contributed by atoms with Crippen LogP contribution in [0.15, 0.2) is 42.5 Å². The van der Waals surface area contributed by atoms with Crippen molar-refractivity contribution in [2.75, 3.05) is 6.61 Å². The fourth-order valence-corrected chi connectivity index (χ4v) is 2.82. The summed E-state index contributed by atoms with van der Waals surface area (Å²) in [6.45, 7) is -0.975. The Bertz CT molecular complexity index is 1040. The van der Waals surface area contributed by atoms with Crippen molar-refractivity contribution >= 4 is 22.7 Å². The van der Waals surface area contributed by atoms with Crippen LogP contribution in [0, 0.1) is 11.3 Å². The first-order chi connectivity index (χ1) is 13.0. The zero-order chi connectivity index (χ0) is 19.4. The number of alkyl halides is 2. The minimum atomic E-state index is -3.01. The van der Waals surface area contributed by atoms with Gasteiger partial charge in [-0.2, -0.15) is 14.0 Å². The van der Waals surface area contributed by atoms with Gasteiger partial charge in [-0.25, -0.2) is 4.98 Å². The van der Waals surface area contributed by atoms with Crippen LogP contribution in [0.25, 0.3) is 22.7 Å². The Morgan fingerprint density at radius 3 is 2.70 bits per heavy atom. The molecule has 5 nitrogen and oxygen atoms in total. The summed E-state index contributed by atoms with van der Waals surface area (Å²) in [6.07, 6.45) is 1.47. The Hall–Kier alpha value is -3.40. The normalized spacial score (nSPS) is 11.6. The fraction of sp³-hybridized carbons (Fsp3) is 0.200. The topological polar surface area (TPSA) is 60.1 Å². The van der Waals surface area contributed by atoms with Gasteiger partial charge >= 0.3 is 6.61 Å². The van der Waals surface area contributed by atoms with Crippen molar-refractivity contribution in [3.05, 3.63) is 53.9 Å². The minimum Gasteiger partial charge on any atom is -0.490 e. The molecule has 0 aliphatic heterocycles. The van der Waals surface area contributed by atoms with Gasteiger partial charge in [-0.3, -0.25) is 0 Å². The van der Waals surface area contributed by atoms with Crippen molar-refractivity contribution in [1.29, 1.82) is 5.26 Å². The standard InChI is InChI=1S/C20H17F2N3O2/c1-3-26-17-10-6-7-13(18(17)27-20(21)22)11-14(12-23)19-24-15-8-4-5-9-16(15)25(19)2/h4-11,20H,3H2,1-2H3. The van der Waals surface area contributed by atoms with Gasteiger partial charge in [0.25, 0.3) is 0 Å². The Labute approximate surface area is 155 Å². The van der Waals surface area contributed by atoms with Gasteiger partial charge in [0.05, 0.1) is 23.2 Å². The SMILES string of the molecule is CCOc1cccc(C=C(C#N)c2nc3ccccc3n2C)c1OC(F)F. The van der Waals surface area contributed by atoms with Gasteiger partial charge < -0.3 is 14.0 Å². The average Bonchev–Trinajstić information content (AvgIpc) is 2.99. The molecule has 0 N–H and O–H groups in total. The minimum absolute atomic E-state index is 0.110. The Morgan fingerprint density at radius 2 is 2.04 bits per heavy atom. The van der Waals surface area contributed by atoms with Gasteiger partial charge in [0, 0.05) is 12.6 Å². The molecule has 0 atom stereocenters. The van der Waals surface area contributed by atoms with Crippen LogP contribution in [-0.2, 0) is 7.05 Å².